The van der Waals surface area contributed by atoms with Gasteiger partial charge in [0.1, 0.15) is 5.75 Å². The number of carbonyl (C=O) groups excluding carboxylic acids is 1. The van der Waals surface area contributed by atoms with Crippen LogP contribution in [0.5, 0.6) is 5.75 Å². The maximum atomic E-state index is 12.3. The number of ether oxygens (including phenoxy) is 1. The van der Waals surface area contributed by atoms with Gasteiger partial charge >= 0.3 is 0 Å². The minimum Gasteiger partial charge on any atom is -0.507 e. The first-order chi connectivity index (χ1) is 8.39. The van der Waals surface area contributed by atoms with Gasteiger partial charge in [0.05, 0.1) is 15.8 Å². The number of nitrogens with zero attached hydrogens (tertiary/aromatic N) is 1. The van der Waals surface area contributed by atoms with Crippen molar-refractivity contribution in [2.24, 2.45) is 0 Å². The van der Waals surface area contributed by atoms with E-state index in [0.29, 0.717) is 25.3 Å². The molecular weight excluding hydrogens is 345 g/mol. The second kappa shape index (κ2) is 5.05. The zero-order valence-corrected chi connectivity index (χ0v) is 12.6. The summed E-state index contributed by atoms with van der Waals surface area (Å²) in [6.07, 6.45) is 0. The van der Waals surface area contributed by atoms with Crippen molar-refractivity contribution in [2.45, 2.75) is 19.4 Å². The van der Waals surface area contributed by atoms with E-state index in [0.717, 1.165) is 3.57 Å². The molecule has 0 spiro atoms. The summed E-state index contributed by atoms with van der Waals surface area (Å²) >= 11 is 2.03. The highest BCUT2D eigenvalue weighted by Crippen LogP contribution is 2.23. The van der Waals surface area contributed by atoms with Crippen LogP contribution in [0, 0.1) is 3.57 Å². The molecule has 0 unspecified atom stereocenters. The van der Waals surface area contributed by atoms with Gasteiger partial charge in [0, 0.05) is 18.7 Å². The molecule has 1 N–H and O–H groups in total. The Morgan fingerprint density at radius 2 is 2.22 bits per heavy atom. The lowest BCUT2D eigenvalue weighted by atomic mass is 10.1. The highest BCUT2D eigenvalue weighted by molar-refractivity contribution is 14.1. The van der Waals surface area contributed by atoms with Crippen molar-refractivity contribution in [1.82, 2.24) is 4.90 Å². The number of hydrogen-bond acceptors (Lipinski definition) is 3. The number of morpholine rings is 1. The van der Waals surface area contributed by atoms with Crippen molar-refractivity contribution in [1.29, 1.82) is 0 Å². The van der Waals surface area contributed by atoms with E-state index in [1.54, 1.807) is 17.0 Å². The maximum absolute atomic E-state index is 12.3. The third-order valence-corrected chi connectivity index (χ3v) is 3.82. The molecule has 1 fully saturated rings. The van der Waals surface area contributed by atoms with Crippen LogP contribution in [0.15, 0.2) is 18.2 Å². The van der Waals surface area contributed by atoms with Crippen molar-refractivity contribution >= 4 is 28.5 Å². The summed E-state index contributed by atoms with van der Waals surface area (Å²) in [4.78, 5) is 14.1. The summed E-state index contributed by atoms with van der Waals surface area (Å²) < 4.78 is 6.32. The molecular formula is C13H16INO3. The van der Waals surface area contributed by atoms with Gasteiger partial charge in [-0.25, -0.2) is 0 Å². The van der Waals surface area contributed by atoms with Crippen LogP contribution in [-0.4, -0.2) is 41.2 Å². The fourth-order valence-corrected chi connectivity index (χ4v) is 2.35. The number of carbonyl (C=O) groups is 1. The number of amides is 1. The monoisotopic (exact) mass is 361 g/mol. The number of hydrogen-bond donors (Lipinski definition) is 1. The van der Waals surface area contributed by atoms with Crippen LogP contribution in [0.4, 0.5) is 0 Å². The average molecular weight is 361 g/mol. The fraction of sp³-hybridized carbons (Fsp3) is 0.462. The molecule has 0 saturated carbocycles. The molecule has 0 aliphatic carbocycles. The molecule has 98 valence electrons. The van der Waals surface area contributed by atoms with Gasteiger partial charge in [-0.15, -0.1) is 0 Å². The van der Waals surface area contributed by atoms with Crippen molar-refractivity contribution in [3.8, 4) is 5.75 Å². The van der Waals surface area contributed by atoms with Gasteiger partial charge in [-0.2, -0.15) is 0 Å². The summed E-state index contributed by atoms with van der Waals surface area (Å²) in [5.74, 6) is 0.0899. The Morgan fingerprint density at radius 1 is 1.50 bits per heavy atom. The largest absolute Gasteiger partial charge is 0.507 e. The van der Waals surface area contributed by atoms with Gasteiger partial charge in [0.25, 0.3) is 5.91 Å². The van der Waals surface area contributed by atoms with E-state index in [1.165, 1.54) is 6.07 Å². The Balaban J connectivity index is 2.18. The van der Waals surface area contributed by atoms with Crippen LogP contribution >= 0.6 is 22.6 Å². The normalized spacial score (nSPS) is 18.7. The van der Waals surface area contributed by atoms with Gasteiger partial charge < -0.3 is 14.7 Å². The first kappa shape index (κ1) is 13.6. The molecule has 1 heterocycles. The molecule has 1 saturated heterocycles. The molecule has 2 rings (SSSR count). The van der Waals surface area contributed by atoms with E-state index in [9.17, 15) is 9.90 Å². The van der Waals surface area contributed by atoms with Crippen molar-refractivity contribution < 1.29 is 14.6 Å². The van der Waals surface area contributed by atoms with E-state index in [-0.39, 0.29) is 17.3 Å². The van der Waals surface area contributed by atoms with E-state index < -0.39 is 0 Å². The molecule has 1 aromatic rings. The number of phenolic OH excluding ortho intramolecular Hbond substituents is 1. The Bertz CT molecular complexity index is 473. The van der Waals surface area contributed by atoms with E-state index >= 15 is 0 Å². The first-order valence-electron chi connectivity index (χ1n) is 5.81. The minimum absolute atomic E-state index is 0.0573. The highest BCUT2D eigenvalue weighted by Gasteiger charge is 2.30. The zero-order chi connectivity index (χ0) is 13.3. The Hall–Kier alpha value is -0.820. The number of rotatable bonds is 1. The number of phenols is 1. The predicted octanol–water partition coefficient (Wildman–Crippen LogP) is 2.25. The quantitative estimate of drug-likeness (QED) is 0.781. The molecule has 0 aromatic heterocycles. The molecule has 1 aliphatic rings. The van der Waals surface area contributed by atoms with Crippen LogP contribution in [0.3, 0.4) is 0 Å². The summed E-state index contributed by atoms with van der Waals surface area (Å²) in [7, 11) is 0. The molecule has 0 radical (unpaired) electrons. The van der Waals surface area contributed by atoms with Gasteiger partial charge in [0.15, 0.2) is 0 Å². The van der Waals surface area contributed by atoms with Crippen LogP contribution in [0.2, 0.25) is 0 Å². The Morgan fingerprint density at radius 3 is 2.83 bits per heavy atom. The molecule has 0 bridgehead atoms. The Kier molecular flexibility index (Phi) is 3.82. The summed E-state index contributed by atoms with van der Waals surface area (Å²) in [6, 6.07) is 5.01. The lowest BCUT2D eigenvalue weighted by Crippen LogP contribution is -2.50. The zero-order valence-electron chi connectivity index (χ0n) is 10.4. The molecule has 5 heteroatoms. The van der Waals surface area contributed by atoms with E-state index in [4.69, 9.17) is 4.74 Å². The first-order valence-corrected chi connectivity index (χ1v) is 6.89. The predicted molar refractivity (Wildman–Crippen MR) is 76.8 cm³/mol. The molecule has 18 heavy (non-hydrogen) atoms. The van der Waals surface area contributed by atoms with Crippen molar-refractivity contribution in [2.75, 3.05) is 19.7 Å². The molecule has 1 amide bonds. The molecule has 1 aromatic carbocycles. The topological polar surface area (TPSA) is 49.8 Å². The maximum Gasteiger partial charge on any atom is 0.254 e. The molecule has 4 nitrogen and oxygen atoms in total. The number of aromatic hydroxyl groups is 1. The van der Waals surface area contributed by atoms with Crippen LogP contribution in [-0.2, 0) is 4.74 Å². The van der Waals surface area contributed by atoms with Gasteiger partial charge in [-0.1, -0.05) is 0 Å². The Labute approximate surface area is 120 Å². The summed E-state index contributed by atoms with van der Waals surface area (Å²) in [5.41, 5.74) is 0.213. The fourth-order valence-electron chi connectivity index (χ4n) is 2.02. The third-order valence-electron chi connectivity index (χ3n) is 2.91. The molecule has 1 aliphatic heterocycles. The standard InChI is InChI=1S/C13H16INO3/c1-13(2)8-15(5-6-18-13)12(17)9-3-4-10(14)11(16)7-9/h3-4,7,16H,5-6,8H2,1-2H3. The third kappa shape index (κ3) is 2.95. The lowest BCUT2D eigenvalue weighted by Gasteiger charge is -2.38. The SMILES string of the molecule is CC1(C)CN(C(=O)c2ccc(I)c(O)c2)CCO1. The van der Waals surface area contributed by atoms with E-state index in [2.05, 4.69) is 0 Å². The van der Waals surface area contributed by atoms with E-state index in [1.807, 2.05) is 36.4 Å². The molecule has 0 atom stereocenters. The summed E-state index contributed by atoms with van der Waals surface area (Å²) in [5, 5.41) is 9.65. The lowest BCUT2D eigenvalue weighted by molar-refractivity contribution is -0.0764. The van der Waals surface area contributed by atoms with Crippen molar-refractivity contribution in [3.63, 3.8) is 0 Å². The van der Waals surface area contributed by atoms with Gasteiger partial charge in [-0.3, -0.25) is 4.79 Å². The second-order valence-electron chi connectivity index (χ2n) is 5.00. The number of benzene rings is 1. The van der Waals surface area contributed by atoms with Crippen LogP contribution in [0.25, 0.3) is 0 Å². The average Bonchev–Trinajstić information content (AvgIpc) is 2.30. The van der Waals surface area contributed by atoms with Gasteiger partial charge in [0.2, 0.25) is 0 Å². The van der Waals surface area contributed by atoms with Gasteiger partial charge in [-0.05, 0) is 54.6 Å². The highest BCUT2D eigenvalue weighted by atomic mass is 127. The smallest absolute Gasteiger partial charge is 0.254 e. The van der Waals surface area contributed by atoms with Crippen LogP contribution in [0.1, 0.15) is 24.2 Å². The summed E-state index contributed by atoms with van der Waals surface area (Å²) in [6.45, 7) is 5.65. The minimum atomic E-state index is -0.306. The number of halogens is 1. The van der Waals surface area contributed by atoms with Crippen molar-refractivity contribution in [3.05, 3.63) is 27.3 Å². The second-order valence-corrected chi connectivity index (χ2v) is 6.16. The van der Waals surface area contributed by atoms with Crippen LogP contribution < -0.4 is 0 Å².